The lowest BCUT2D eigenvalue weighted by Crippen LogP contribution is -2.41. The van der Waals surface area contributed by atoms with Crippen molar-refractivity contribution in [1.82, 2.24) is 24.6 Å². The lowest BCUT2D eigenvalue weighted by molar-refractivity contribution is 0.0301. The average Bonchev–Trinajstić information content (AvgIpc) is 3.16. The third-order valence-electron chi connectivity index (χ3n) is 5.47. The molecule has 1 atom stereocenters. The van der Waals surface area contributed by atoms with Crippen molar-refractivity contribution in [2.75, 3.05) is 38.2 Å². The van der Waals surface area contributed by atoms with Gasteiger partial charge in [-0.3, -0.25) is 9.48 Å². The van der Waals surface area contributed by atoms with Crippen LogP contribution >= 0.6 is 0 Å². The van der Waals surface area contributed by atoms with Gasteiger partial charge in [0, 0.05) is 38.3 Å². The number of carbonyl (C=O) groups excluding carboxylic acids is 1. The van der Waals surface area contributed by atoms with E-state index in [-0.39, 0.29) is 5.91 Å². The molecular weight excluding hydrogens is 356 g/mol. The third-order valence-corrected chi connectivity index (χ3v) is 5.47. The Hall–Kier alpha value is -2.48. The number of nitrogens with zero attached hydrogens (tertiary/aromatic N) is 5. The van der Waals surface area contributed by atoms with Crippen LogP contribution in [0.4, 0.5) is 5.82 Å². The smallest absolute Gasteiger partial charge is 0.257 e. The lowest BCUT2D eigenvalue weighted by atomic mass is 9.94. The van der Waals surface area contributed by atoms with E-state index in [0.717, 1.165) is 48.8 Å². The maximum Gasteiger partial charge on any atom is 0.257 e. The number of carbonyl (C=O) groups is 1. The van der Waals surface area contributed by atoms with Gasteiger partial charge in [0.05, 0.1) is 30.7 Å². The number of hydrogen-bond acceptors (Lipinski definition) is 6. The molecule has 2 aromatic heterocycles. The second kappa shape index (κ2) is 8.26. The van der Waals surface area contributed by atoms with Gasteiger partial charge >= 0.3 is 0 Å². The topological polar surface area (TPSA) is 85.2 Å². The number of anilines is 1. The normalized spacial score (nSPS) is 19.5. The van der Waals surface area contributed by atoms with Crippen LogP contribution in [0.25, 0.3) is 0 Å². The van der Waals surface area contributed by atoms with E-state index in [2.05, 4.69) is 34.2 Å². The number of aryl methyl sites for hydroxylation is 1. The Balaban J connectivity index is 1.41. The first kappa shape index (κ1) is 18.9. The van der Waals surface area contributed by atoms with Gasteiger partial charge in [-0.1, -0.05) is 13.8 Å². The van der Waals surface area contributed by atoms with E-state index < -0.39 is 0 Å². The van der Waals surface area contributed by atoms with Crippen molar-refractivity contribution in [2.24, 2.45) is 5.92 Å². The van der Waals surface area contributed by atoms with E-state index in [1.165, 1.54) is 0 Å². The maximum atomic E-state index is 12.9. The summed E-state index contributed by atoms with van der Waals surface area (Å²) in [5.41, 5.74) is 1.80. The first-order valence-electron chi connectivity index (χ1n) is 10.1. The molecule has 1 fully saturated rings. The van der Waals surface area contributed by atoms with Gasteiger partial charge in [0.15, 0.2) is 0 Å². The predicted octanol–water partition coefficient (Wildman–Crippen LogP) is 1.94. The summed E-state index contributed by atoms with van der Waals surface area (Å²) in [5.74, 6) is 2.54. The Labute approximate surface area is 165 Å². The van der Waals surface area contributed by atoms with Gasteiger partial charge in [0.2, 0.25) is 0 Å². The van der Waals surface area contributed by atoms with Gasteiger partial charge in [-0.15, -0.1) is 0 Å². The Morgan fingerprint density at radius 2 is 2.14 bits per heavy atom. The fraction of sp³-hybridized carbons (Fsp3) is 0.600. The van der Waals surface area contributed by atoms with Crippen molar-refractivity contribution in [1.29, 1.82) is 0 Å². The highest BCUT2D eigenvalue weighted by atomic mass is 16.5. The molecule has 150 valence electrons. The minimum absolute atomic E-state index is 0.0792. The molecule has 2 aliphatic rings. The highest BCUT2D eigenvalue weighted by molar-refractivity contribution is 5.95. The predicted molar refractivity (Wildman–Crippen MR) is 105 cm³/mol. The van der Waals surface area contributed by atoms with Crippen molar-refractivity contribution < 1.29 is 9.53 Å². The fourth-order valence-corrected chi connectivity index (χ4v) is 3.79. The standard InChI is InChI=1S/C20H28N6O2/c1-14(2)19-21-5-3-18(24-19)22-12-15-4-6-26-17(11-15)16(13-23-26)20(27)25-7-9-28-10-8-25/h3,5,13-15H,4,6-12H2,1-2H3,(H,21,22,24). The molecule has 0 saturated carbocycles. The number of amides is 1. The van der Waals surface area contributed by atoms with Crippen molar-refractivity contribution >= 4 is 11.7 Å². The van der Waals surface area contributed by atoms with Crippen LogP contribution in [0.3, 0.4) is 0 Å². The number of hydrogen-bond donors (Lipinski definition) is 1. The summed E-state index contributed by atoms with van der Waals surface area (Å²) in [6.07, 6.45) is 5.43. The van der Waals surface area contributed by atoms with Crippen LogP contribution in [0.1, 0.15) is 48.1 Å². The summed E-state index contributed by atoms with van der Waals surface area (Å²) < 4.78 is 7.35. The third kappa shape index (κ3) is 4.01. The molecule has 1 N–H and O–H groups in total. The molecule has 4 rings (SSSR count). The quantitative estimate of drug-likeness (QED) is 0.848. The Bertz CT molecular complexity index is 828. The van der Waals surface area contributed by atoms with Gasteiger partial charge < -0.3 is 15.0 Å². The summed E-state index contributed by atoms with van der Waals surface area (Å²) in [5, 5.41) is 7.91. The highest BCUT2D eigenvalue weighted by Gasteiger charge is 2.28. The molecule has 1 amide bonds. The van der Waals surface area contributed by atoms with Crippen LogP contribution < -0.4 is 5.32 Å². The monoisotopic (exact) mass is 384 g/mol. The van der Waals surface area contributed by atoms with E-state index in [0.29, 0.717) is 38.1 Å². The molecule has 1 saturated heterocycles. The minimum atomic E-state index is 0.0792. The largest absolute Gasteiger partial charge is 0.378 e. The van der Waals surface area contributed by atoms with E-state index in [9.17, 15) is 4.79 Å². The number of fused-ring (bicyclic) bond motifs is 1. The van der Waals surface area contributed by atoms with Crippen molar-refractivity contribution in [3.05, 3.63) is 35.5 Å². The van der Waals surface area contributed by atoms with Crippen LogP contribution in [0.15, 0.2) is 18.5 Å². The zero-order chi connectivity index (χ0) is 19.5. The van der Waals surface area contributed by atoms with Crippen LogP contribution in [0, 0.1) is 5.92 Å². The Morgan fingerprint density at radius 1 is 1.32 bits per heavy atom. The number of ether oxygens (including phenoxy) is 1. The Morgan fingerprint density at radius 3 is 2.93 bits per heavy atom. The molecule has 8 heteroatoms. The molecule has 2 aliphatic heterocycles. The maximum absolute atomic E-state index is 12.9. The van der Waals surface area contributed by atoms with Crippen molar-refractivity contribution in [2.45, 2.75) is 39.2 Å². The second-order valence-corrected chi connectivity index (χ2v) is 7.83. The van der Waals surface area contributed by atoms with E-state index in [4.69, 9.17) is 4.74 Å². The molecule has 2 aromatic rings. The SMILES string of the molecule is CC(C)c1nccc(NCC2CCn3ncc(C(=O)N4CCOCC4)c3C2)n1. The molecule has 0 aliphatic carbocycles. The molecule has 28 heavy (non-hydrogen) atoms. The molecule has 0 aromatic carbocycles. The van der Waals surface area contributed by atoms with Crippen molar-refractivity contribution in [3.8, 4) is 0 Å². The zero-order valence-corrected chi connectivity index (χ0v) is 16.6. The highest BCUT2D eigenvalue weighted by Crippen LogP contribution is 2.24. The summed E-state index contributed by atoms with van der Waals surface area (Å²) in [6, 6.07) is 1.91. The first-order valence-corrected chi connectivity index (χ1v) is 10.1. The van der Waals surface area contributed by atoms with Crippen LogP contribution in [-0.2, 0) is 17.7 Å². The zero-order valence-electron chi connectivity index (χ0n) is 16.6. The van der Waals surface area contributed by atoms with Gasteiger partial charge in [-0.2, -0.15) is 5.10 Å². The van der Waals surface area contributed by atoms with Crippen LogP contribution in [-0.4, -0.2) is 63.4 Å². The molecule has 4 heterocycles. The van der Waals surface area contributed by atoms with Crippen LogP contribution in [0.5, 0.6) is 0 Å². The average molecular weight is 384 g/mol. The Kier molecular flexibility index (Phi) is 5.57. The van der Waals surface area contributed by atoms with Gasteiger partial charge in [0.25, 0.3) is 5.91 Å². The summed E-state index contributed by atoms with van der Waals surface area (Å²) >= 11 is 0. The van der Waals surface area contributed by atoms with E-state index in [1.807, 2.05) is 15.6 Å². The molecule has 8 nitrogen and oxygen atoms in total. The van der Waals surface area contributed by atoms with E-state index >= 15 is 0 Å². The fourth-order valence-electron chi connectivity index (χ4n) is 3.79. The second-order valence-electron chi connectivity index (χ2n) is 7.83. The molecule has 0 spiro atoms. The number of rotatable bonds is 5. The number of aromatic nitrogens is 4. The van der Waals surface area contributed by atoms with Gasteiger partial charge in [0.1, 0.15) is 11.6 Å². The lowest BCUT2D eigenvalue weighted by Gasteiger charge is -2.28. The van der Waals surface area contributed by atoms with Crippen molar-refractivity contribution in [3.63, 3.8) is 0 Å². The summed E-state index contributed by atoms with van der Waals surface area (Å²) in [4.78, 5) is 23.7. The summed E-state index contributed by atoms with van der Waals surface area (Å²) in [6.45, 7) is 8.38. The minimum Gasteiger partial charge on any atom is -0.378 e. The molecule has 0 radical (unpaired) electrons. The van der Waals surface area contributed by atoms with Gasteiger partial charge in [-0.05, 0) is 24.8 Å². The number of morpholine rings is 1. The molecular formula is C20H28N6O2. The first-order chi connectivity index (χ1) is 13.6. The van der Waals surface area contributed by atoms with Gasteiger partial charge in [-0.25, -0.2) is 9.97 Å². The molecule has 0 bridgehead atoms. The summed E-state index contributed by atoms with van der Waals surface area (Å²) in [7, 11) is 0. The molecule has 1 unspecified atom stereocenters. The van der Waals surface area contributed by atoms with Crippen LogP contribution in [0.2, 0.25) is 0 Å². The number of nitrogens with one attached hydrogen (secondary N) is 1. The van der Waals surface area contributed by atoms with E-state index in [1.54, 1.807) is 12.4 Å².